The minimum atomic E-state index is 0.822. The van der Waals surface area contributed by atoms with Crippen molar-refractivity contribution < 1.29 is 0 Å². The highest BCUT2D eigenvalue weighted by molar-refractivity contribution is 5.03. The van der Waals surface area contributed by atoms with Crippen LogP contribution in [0.4, 0.5) is 0 Å². The number of terminal acetylenes is 1. The van der Waals surface area contributed by atoms with Gasteiger partial charge < -0.3 is 5.73 Å². The summed E-state index contributed by atoms with van der Waals surface area (Å²) < 4.78 is 0. The van der Waals surface area contributed by atoms with Gasteiger partial charge in [-0.05, 0) is 25.1 Å². The second-order valence-electron chi connectivity index (χ2n) is 2.26. The van der Waals surface area contributed by atoms with Crippen LogP contribution < -0.4 is 5.73 Å². The Hall–Kier alpha value is -1.42. The zero-order chi connectivity index (χ0) is 9.07. The molecule has 12 heavy (non-hydrogen) atoms. The van der Waals surface area contributed by atoms with Crippen LogP contribution in [0.25, 0.3) is 0 Å². The average molecular weight is 161 g/mol. The molecule has 0 aliphatic heterocycles. The molecule has 0 saturated carbocycles. The maximum atomic E-state index is 5.14. The molecule has 2 N–H and O–H groups in total. The van der Waals surface area contributed by atoms with Crippen molar-refractivity contribution in [1.82, 2.24) is 0 Å². The fourth-order valence-electron chi connectivity index (χ4n) is 0.681. The summed E-state index contributed by atoms with van der Waals surface area (Å²) in [5.74, 6) is 2.58. The third kappa shape index (κ3) is 8.58. The molecule has 0 aromatic rings. The van der Waals surface area contributed by atoms with Gasteiger partial charge in [-0.2, -0.15) is 0 Å². The largest absolute Gasteiger partial charge is 0.405 e. The number of hydrogen-bond acceptors (Lipinski definition) is 1. The molecule has 0 aliphatic carbocycles. The topological polar surface area (TPSA) is 26.0 Å². The van der Waals surface area contributed by atoms with Crippen LogP contribution in [0, 0.1) is 12.3 Å². The molecule has 0 heterocycles. The van der Waals surface area contributed by atoms with Gasteiger partial charge in [-0.25, -0.2) is 0 Å². The summed E-state index contributed by atoms with van der Waals surface area (Å²) in [7, 11) is 0. The Morgan fingerprint density at radius 1 is 1.17 bits per heavy atom. The van der Waals surface area contributed by atoms with Crippen LogP contribution in [-0.2, 0) is 0 Å². The van der Waals surface area contributed by atoms with Crippen molar-refractivity contribution in [1.29, 1.82) is 0 Å². The molecule has 0 radical (unpaired) electrons. The van der Waals surface area contributed by atoms with Crippen LogP contribution in [0.3, 0.4) is 0 Å². The highest BCUT2D eigenvalue weighted by atomic mass is 14.5. The summed E-state index contributed by atoms with van der Waals surface area (Å²) in [6.45, 7) is 0. The van der Waals surface area contributed by atoms with E-state index in [0.29, 0.717) is 0 Å². The van der Waals surface area contributed by atoms with E-state index >= 15 is 0 Å². The average Bonchev–Trinajstić information content (AvgIpc) is 2.10. The van der Waals surface area contributed by atoms with Gasteiger partial charge in [0.2, 0.25) is 0 Å². The Morgan fingerprint density at radius 3 is 2.67 bits per heavy atom. The first kappa shape index (κ1) is 10.6. The first-order valence-corrected chi connectivity index (χ1v) is 4.03. The monoisotopic (exact) mass is 161 g/mol. The Kier molecular flexibility index (Phi) is 8.45. The lowest BCUT2D eigenvalue weighted by atomic mass is 10.2. The molecular weight excluding hydrogens is 146 g/mol. The van der Waals surface area contributed by atoms with Crippen molar-refractivity contribution in [2.75, 3.05) is 0 Å². The molecule has 0 amide bonds. The molecule has 0 fully saturated rings. The zero-order valence-corrected chi connectivity index (χ0v) is 7.24. The van der Waals surface area contributed by atoms with Gasteiger partial charge in [0, 0.05) is 6.42 Å². The lowest BCUT2D eigenvalue weighted by Gasteiger charge is -1.82. The van der Waals surface area contributed by atoms with Gasteiger partial charge in [0.15, 0.2) is 0 Å². The summed E-state index contributed by atoms with van der Waals surface area (Å²) in [6, 6.07) is 0. The number of allylic oxidation sites excluding steroid dienone is 5. The molecule has 0 rings (SSSR count). The van der Waals surface area contributed by atoms with E-state index in [9.17, 15) is 0 Å². The zero-order valence-electron chi connectivity index (χ0n) is 7.24. The van der Waals surface area contributed by atoms with Crippen LogP contribution >= 0.6 is 0 Å². The molecule has 0 aromatic carbocycles. The van der Waals surface area contributed by atoms with Gasteiger partial charge >= 0.3 is 0 Å². The van der Waals surface area contributed by atoms with E-state index in [-0.39, 0.29) is 0 Å². The molecule has 0 spiro atoms. The SMILES string of the molecule is C#CCC/C=C\C/C=C\C=C/N. The molecule has 1 nitrogen and oxygen atoms in total. The summed E-state index contributed by atoms with van der Waals surface area (Å²) in [5, 5.41) is 0. The van der Waals surface area contributed by atoms with Crippen LogP contribution in [0.1, 0.15) is 19.3 Å². The third-order valence-electron chi connectivity index (χ3n) is 1.25. The molecule has 0 saturated heterocycles. The highest BCUT2D eigenvalue weighted by Crippen LogP contribution is 1.92. The smallest absolute Gasteiger partial charge is 0.0121 e. The normalized spacial score (nSPS) is 11.6. The molecule has 0 atom stereocenters. The fraction of sp³-hybridized carbons (Fsp3) is 0.273. The standard InChI is InChI=1S/C11H15N/c1-2-3-4-5-6-7-8-9-10-11-12/h1,5-6,8-11H,3-4,7,12H2/b6-5-,9-8-,11-10-. The predicted molar refractivity (Wildman–Crippen MR) is 54.3 cm³/mol. The molecule has 1 heteroatoms. The lowest BCUT2D eigenvalue weighted by Crippen LogP contribution is -1.72. The second-order valence-corrected chi connectivity index (χ2v) is 2.26. The lowest BCUT2D eigenvalue weighted by molar-refractivity contribution is 1.08. The van der Waals surface area contributed by atoms with Crippen molar-refractivity contribution in [3.63, 3.8) is 0 Å². The summed E-state index contributed by atoms with van der Waals surface area (Å²) in [6.07, 6.45) is 19.3. The number of nitrogens with two attached hydrogens (primary N) is 1. The number of unbranched alkanes of at least 4 members (excludes halogenated alkanes) is 1. The Morgan fingerprint density at radius 2 is 2.00 bits per heavy atom. The fourth-order valence-corrected chi connectivity index (χ4v) is 0.681. The second kappa shape index (κ2) is 9.58. The predicted octanol–water partition coefficient (Wildman–Crippen LogP) is 2.37. The van der Waals surface area contributed by atoms with E-state index in [1.165, 1.54) is 6.20 Å². The third-order valence-corrected chi connectivity index (χ3v) is 1.25. The van der Waals surface area contributed by atoms with Crippen molar-refractivity contribution in [3.05, 3.63) is 36.6 Å². The minimum absolute atomic E-state index is 0.822. The minimum Gasteiger partial charge on any atom is -0.405 e. The first-order chi connectivity index (χ1) is 5.91. The van der Waals surface area contributed by atoms with E-state index in [4.69, 9.17) is 12.2 Å². The van der Waals surface area contributed by atoms with E-state index in [2.05, 4.69) is 18.1 Å². The van der Waals surface area contributed by atoms with Crippen LogP contribution in [0.15, 0.2) is 36.6 Å². The van der Waals surface area contributed by atoms with Crippen molar-refractivity contribution in [2.24, 2.45) is 5.73 Å². The Bertz CT molecular complexity index is 204. The molecule has 0 aliphatic rings. The van der Waals surface area contributed by atoms with Crippen LogP contribution in [0.2, 0.25) is 0 Å². The van der Waals surface area contributed by atoms with E-state index in [1.807, 2.05) is 12.2 Å². The van der Waals surface area contributed by atoms with E-state index in [0.717, 1.165) is 19.3 Å². The van der Waals surface area contributed by atoms with Gasteiger partial charge in [-0.1, -0.05) is 24.3 Å². The molecular formula is C11H15N. The van der Waals surface area contributed by atoms with Gasteiger partial charge in [0.1, 0.15) is 0 Å². The summed E-state index contributed by atoms with van der Waals surface area (Å²) in [4.78, 5) is 0. The van der Waals surface area contributed by atoms with Crippen molar-refractivity contribution >= 4 is 0 Å². The summed E-state index contributed by atoms with van der Waals surface area (Å²) >= 11 is 0. The van der Waals surface area contributed by atoms with Gasteiger partial charge in [-0.3, -0.25) is 0 Å². The molecule has 0 unspecified atom stereocenters. The number of hydrogen-bond donors (Lipinski definition) is 1. The molecule has 0 bridgehead atoms. The van der Waals surface area contributed by atoms with Crippen LogP contribution in [0.5, 0.6) is 0 Å². The highest BCUT2D eigenvalue weighted by Gasteiger charge is 1.73. The summed E-state index contributed by atoms with van der Waals surface area (Å²) in [5.41, 5.74) is 5.14. The quantitative estimate of drug-likeness (QED) is 0.285. The van der Waals surface area contributed by atoms with Crippen molar-refractivity contribution in [3.8, 4) is 12.3 Å². The number of rotatable bonds is 5. The molecule has 0 aromatic heterocycles. The van der Waals surface area contributed by atoms with Gasteiger partial charge in [0.05, 0.1) is 0 Å². The maximum Gasteiger partial charge on any atom is 0.0121 e. The van der Waals surface area contributed by atoms with Crippen LogP contribution in [-0.4, -0.2) is 0 Å². The van der Waals surface area contributed by atoms with Crippen molar-refractivity contribution in [2.45, 2.75) is 19.3 Å². The molecule has 64 valence electrons. The van der Waals surface area contributed by atoms with Gasteiger partial charge in [-0.15, -0.1) is 12.3 Å². The maximum absolute atomic E-state index is 5.14. The van der Waals surface area contributed by atoms with Gasteiger partial charge in [0.25, 0.3) is 0 Å². The Balaban J connectivity index is 3.30. The first-order valence-electron chi connectivity index (χ1n) is 4.03. The Labute approximate surface area is 74.7 Å². The van der Waals surface area contributed by atoms with E-state index in [1.54, 1.807) is 6.08 Å². The van der Waals surface area contributed by atoms with E-state index < -0.39 is 0 Å².